The van der Waals surface area contributed by atoms with Gasteiger partial charge in [0.05, 0.1) is 17.2 Å². The van der Waals surface area contributed by atoms with Crippen LogP contribution in [0.3, 0.4) is 0 Å². The first kappa shape index (κ1) is 22.6. The monoisotopic (exact) mass is 479 g/mol. The number of hydrogen-bond donors (Lipinski definition) is 2. The molecule has 0 spiro atoms. The molecule has 0 atom stereocenters. The summed E-state index contributed by atoms with van der Waals surface area (Å²) in [7, 11) is 0. The molecule has 2 heterocycles. The number of halogens is 1. The number of guanidine groups is 1. The Morgan fingerprint density at radius 1 is 1.16 bits per heavy atom. The number of aromatic nitrogens is 1. The van der Waals surface area contributed by atoms with Gasteiger partial charge in [0.1, 0.15) is 0 Å². The first-order valence-corrected chi connectivity index (χ1v) is 10.2. The fraction of sp³-hybridized carbons (Fsp3) is 0.778. The molecule has 5 nitrogen and oxygen atoms in total. The van der Waals surface area contributed by atoms with Crippen molar-refractivity contribution < 1.29 is 0 Å². The minimum atomic E-state index is 0. The lowest BCUT2D eigenvalue weighted by Crippen LogP contribution is -2.38. The molecule has 0 aliphatic carbocycles. The lowest BCUT2D eigenvalue weighted by atomic mass is 10.2. The highest BCUT2D eigenvalue weighted by molar-refractivity contribution is 14.0. The third-order valence-corrected chi connectivity index (χ3v) is 5.42. The number of likely N-dealkylation sites (tertiary alicyclic amines) is 1. The topological polar surface area (TPSA) is 52.6 Å². The van der Waals surface area contributed by atoms with Gasteiger partial charge < -0.3 is 15.5 Å². The van der Waals surface area contributed by atoms with Crippen LogP contribution in [0.1, 0.15) is 54.6 Å². The Balaban J connectivity index is 0.00000312. The van der Waals surface area contributed by atoms with Crippen LogP contribution in [0.25, 0.3) is 0 Å². The highest BCUT2D eigenvalue weighted by Crippen LogP contribution is 2.17. The van der Waals surface area contributed by atoms with Crippen molar-refractivity contribution in [1.82, 2.24) is 20.5 Å². The number of nitrogens with zero attached hydrogens (tertiary/aromatic N) is 3. The van der Waals surface area contributed by atoms with E-state index in [0.717, 1.165) is 29.8 Å². The zero-order chi connectivity index (χ0) is 17.2. The molecule has 1 aliphatic heterocycles. The summed E-state index contributed by atoms with van der Waals surface area (Å²) in [6, 6.07) is 0. The molecule has 1 aromatic rings. The molecule has 1 aliphatic rings. The van der Waals surface area contributed by atoms with Crippen LogP contribution in [0.4, 0.5) is 0 Å². The van der Waals surface area contributed by atoms with E-state index in [0.29, 0.717) is 6.54 Å². The number of rotatable bonds is 7. The van der Waals surface area contributed by atoms with Gasteiger partial charge in [-0.25, -0.2) is 9.98 Å². The van der Waals surface area contributed by atoms with E-state index in [-0.39, 0.29) is 24.0 Å². The molecule has 0 amide bonds. The van der Waals surface area contributed by atoms with Gasteiger partial charge in [-0.15, -0.1) is 35.3 Å². The minimum Gasteiger partial charge on any atom is -0.357 e. The van der Waals surface area contributed by atoms with Gasteiger partial charge in [0.25, 0.3) is 0 Å². The molecule has 144 valence electrons. The molecule has 1 aromatic heterocycles. The van der Waals surface area contributed by atoms with Crippen LogP contribution < -0.4 is 10.6 Å². The van der Waals surface area contributed by atoms with Crippen molar-refractivity contribution in [2.45, 2.75) is 59.4 Å². The Morgan fingerprint density at radius 3 is 2.48 bits per heavy atom. The van der Waals surface area contributed by atoms with Crippen LogP contribution in [0.2, 0.25) is 0 Å². The Hall–Kier alpha value is -0.410. The van der Waals surface area contributed by atoms with E-state index in [1.165, 1.54) is 56.6 Å². The normalized spacial score (nSPS) is 16.2. The molecule has 0 saturated carbocycles. The Labute approximate surface area is 174 Å². The van der Waals surface area contributed by atoms with Crippen LogP contribution in [-0.4, -0.2) is 48.6 Å². The number of aliphatic imine (C=N–C) groups is 1. The zero-order valence-corrected chi connectivity index (χ0v) is 19.1. The third-order valence-electron chi connectivity index (χ3n) is 4.37. The number of aryl methyl sites for hydroxylation is 2. The van der Waals surface area contributed by atoms with Crippen molar-refractivity contribution in [3.05, 3.63) is 15.6 Å². The highest BCUT2D eigenvalue weighted by Gasteiger charge is 2.08. The van der Waals surface area contributed by atoms with Gasteiger partial charge in [-0.1, -0.05) is 12.8 Å². The minimum absolute atomic E-state index is 0. The van der Waals surface area contributed by atoms with Crippen LogP contribution in [0.5, 0.6) is 0 Å². The Morgan fingerprint density at radius 2 is 1.88 bits per heavy atom. The zero-order valence-electron chi connectivity index (χ0n) is 15.9. The van der Waals surface area contributed by atoms with E-state index in [9.17, 15) is 0 Å². The van der Waals surface area contributed by atoms with Crippen LogP contribution in [-0.2, 0) is 6.54 Å². The number of hydrogen-bond acceptors (Lipinski definition) is 4. The van der Waals surface area contributed by atoms with Crippen molar-refractivity contribution in [2.75, 3.05) is 32.7 Å². The lowest BCUT2D eigenvalue weighted by molar-refractivity contribution is 0.282. The smallest absolute Gasteiger partial charge is 0.191 e. The average molecular weight is 479 g/mol. The molecule has 0 radical (unpaired) electrons. The maximum atomic E-state index is 4.71. The lowest BCUT2D eigenvalue weighted by Gasteiger charge is -2.20. The first-order chi connectivity index (χ1) is 11.7. The predicted octanol–water partition coefficient (Wildman–Crippen LogP) is 3.70. The molecule has 2 rings (SSSR count). The molecular formula is C18H34IN5S. The maximum absolute atomic E-state index is 4.71. The van der Waals surface area contributed by atoms with Crippen molar-refractivity contribution >= 4 is 41.3 Å². The SMILES string of the molecule is CCNC(=NCc1sc(C)nc1C)NCCCN1CCCCCC1.I. The van der Waals surface area contributed by atoms with Crippen molar-refractivity contribution in [3.63, 3.8) is 0 Å². The quantitative estimate of drug-likeness (QED) is 0.271. The molecule has 0 unspecified atom stereocenters. The largest absolute Gasteiger partial charge is 0.357 e. The van der Waals surface area contributed by atoms with E-state index in [4.69, 9.17) is 4.99 Å². The first-order valence-electron chi connectivity index (χ1n) is 9.36. The molecular weight excluding hydrogens is 445 g/mol. The summed E-state index contributed by atoms with van der Waals surface area (Å²) in [4.78, 5) is 13.1. The molecule has 1 fully saturated rings. The van der Waals surface area contributed by atoms with Gasteiger partial charge in [0.15, 0.2) is 5.96 Å². The molecule has 25 heavy (non-hydrogen) atoms. The van der Waals surface area contributed by atoms with E-state index in [1.54, 1.807) is 11.3 Å². The van der Waals surface area contributed by atoms with Crippen molar-refractivity contribution in [3.8, 4) is 0 Å². The molecule has 0 bridgehead atoms. The van der Waals surface area contributed by atoms with E-state index in [1.807, 2.05) is 0 Å². The van der Waals surface area contributed by atoms with Crippen molar-refractivity contribution in [2.24, 2.45) is 4.99 Å². The summed E-state index contributed by atoms with van der Waals surface area (Å²) in [6.45, 7) is 12.5. The second kappa shape index (κ2) is 12.9. The predicted molar refractivity (Wildman–Crippen MR) is 119 cm³/mol. The van der Waals surface area contributed by atoms with E-state index >= 15 is 0 Å². The van der Waals surface area contributed by atoms with Gasteiger partial charge in [0, 0.05) is 18.0 Å². The third kappa shape index (κ3) is 8.68. The summed E-state index contributed by atoms with van der Waals surface area (Å²) in [5.41, 5.74) is 1.11. The molecule has 0 aromatic carbocycles. The summed E-state index contributed by atoms with van der Waals surface area (Å²) in [5, 5.41) is 7.92. The summed E-state index contributed by atoms with van der Waals surface area (Å²) in [6.07, 6.45) is 6.71. The fourth-order valence-electron chi connectivity index (χ4n) is 3.08. The Bertz CT molecular complexity index is 510. The molecule has 2 N–H and O–H groups in total. The fourth-order valence-corrected chi connectivity index (χ4v) is 3.94. The highest BCUT2D eigenvalue weighted by atomic mass is 127. The standard InChI is InChI=1S/C18H33N5S.HI/c1-4-19-18(21-14-17-15(2)22-16(3)24-17)20-10-9-13-23-11-7-5-6-8-12-23;/h4-14H2,1-3H3,(H2,19,20,21);1H. The van der Waals surface area contributed by atoms with Crippen molar-refractivity contribution in [1.29, 1.82) is 0 Å². The van der Waals surface area contributed by atoms with Crippen LogP contribution in [0.15, 0.2) is 4.99 Å². The van der Waals surface area contributed by atoms with Gasteiger partial charge in [-0.2, -0.15) is 0 Å². The summed E-state index contributed by atoms with van der Waals surface area (Å²) < 4.78 is 0. The van der Waals surface area contributed by atoms with Gasteiger partial charge >= 0.3 is 0 Å². The van der Waals surface area contributed by atoms with Crippen LogP contribution >= 0.6 is 35.3 Å². The van der Waals surface area contributed by atoms with E-state index in [2.05, 4.69) is 41.3 Å². The average Bonchev–Trinajstić information content (AvgIpc) is 2.76. The second-order valence-electron chi connectivity index (χ2n) is 6.47. The van der Waals surface area contributed by atoms with Gasteiger partial charge in [-0.05, 0) is 59.7 Å². The Kier molecular flexibility index (Phi) is 11.6. The summed E-state index contributed by atoms with van der Waals surface area (Å²) in [5.74, 6) is 0.916. The van der Waals surface area contributed by atoms with Gasteiger partial charge in [-0.3, -0.25) is 0 Å². The number of nitrogens with one attached hydrogen (secondary N) is 2. The van der Waals surface area contributed by atoms with E-state index < -0.39 is 0 Å². The molecule has 7 heteroatoms. The van der Waals surface area contributed by atoms with Gasteiger partial charge in [0.2, 0.25) is 0 Å². The molecule has 1 saturated heterocycles. The summed E-state index contributed by atoms with van der Waals surface area (Å²) >= 11 is 1.74. The van der Waals surface area contributed by atoms with Crippen LogP contribution in [0, 0.1) is 13.8 Å². The maximum Gasteiger partial charge on any atom is 0.191 e. The number of thiazole rings is 1. The second-order valence-corrected chi connectivity index (χ2v) is 7.76.